The molecule has 0 aliphatic heterocycles. The highest BCUT2D eigenvalue weighted by atomic mass is 16.1. The van der Waals surface area contributed by atoms with E-state index in [0.29, 0.717) is 0 Å². The number of carbonyl (C=O) groups is 1. The van der Waals surface area contributed by atoms with E-state index in [1.807, 2.05) is 0 Å². The Morgan fingerprint density at radius 3 is 2.00 bits per heavy atom. The number of rotatable bonds is 2. The molecule has 3 N–H and O–H groups in total. The van der Waals surface area contributed by atoms with Gasteiger partial charge >= 0.3 is 0 Å². The van der Waals surface area contributed by atoms with E-state index in [-0.39, 0.29) is 11.6 Å². The normalized spacial score (nSPS) is 9.38. The van der Waals surface area contributed by atoms with Crippen LogP contribution in [0.1, 0.15) is 13.8 Å². The van der Waals surface area contributed by atoms with Crippen molar-refractivity contribution in [3.05, 3.63) is 0 Å². The number of nitrogens with two attached hydrogens (primary N) is 1. The van der Waals surface area contributed by atoms with Gasteiger partial charge in [-0.25, -0.2) is 0 Å². The molecule has 3 nitrogen and oxygen atoms in total. The summed E-state index contributed by atoms with van der Waals surface area (Å²) in [5, 5.41) is 6.92. The third kappa shape index (κ3) is 1.73. The van der Waals surface area contributed by atoms with Gasteiger partial charge in [0.05, 0.1) is 5.71 Å². The average molecular weight is 114 g/mol. The van der Waals surface area contributed by atoms with Crippen molar-refractivity contribution in [2.75, 3.05) is 0 Å². The van der Waals surface area contributed by atoms with E-state index in [4.69, 9.17) is 11.1 Å². The second-order valence-electron chi connectivity index (χ2n) is 1.93. The first-order valence-electron chi connectivity index (χ1n) is 2.44. The number of hydrogen-bond acceptors (Lipinski definition) is 2. The van der Waals surface area contributed by atoms with Crippen molar-refractivity contribution in [3.8, 4) is 0 Å². The standard InChI is InChI=1S/C5H10N2O/c1-3(2)4(6)5(7)8/h3,6H,1-2H3,(H2,7,8). The van der Waals surface area contributed by atoms with Gasteiger partial charge in [0.25, 0.3) is 5.91 Å². The molecule has 8 heavy (non-hydrogen) atoms. The highest BCUT2D eigenvalue weighted by molar-refractivity contribution is 6.37. The maximum Gasteiger partial charge on any atom is 0.262 e. The molecule has 0 saturated heterocycles. The van der Waals surface area contributed by atoms with Crippen molar-refractivity contribution in [2.24, 2.45) is 11.7 Å². The number of primary amides is 1. The quantitative estimate of drug-likeness (QED) is 0.493. The summed E-state index contributed by atoms with van der Waals surface area (Å²) in [4.78, 5) is 10.1. The van der Waals surface area contributed by atoms with Crippen molar-refractivity contribution in [2.45, 2.75) is 13.8 Å². The van der Waals surface area contributed by atoms with Gasteiger partial charge in [0.15, 0.2) is 0 Å². The van der Waals surface area contributed by atoms with Crippen LogP contribution in [0.4, 0.5) is 0 Å². The van der Waals surface area contributed by atoms with Gasteiger partial charge in [-0.05, 0) is 0 Å². The highest BCUT2D eigenvalue weighted by Gasteiger charge is 2.06. The van der Waals surface area contributed by atoms with Crippen LogP contribution >= 0.6 is 0 Å². The fraction of sp³-hybridized carbons (Fsp3) is 0.600. The molecule has 3 heteroatoms. The fourth-order valence-corrected chi connectivity index (χ4v) is 0.285. The van der Waals surface area contributed by atoms with Gasteiger partial charge in [0.2, 0.25) is 0 Å². The molecule has 1 amide bonds. The molecule has 0 aromatic rings. The molecular weight excluding hydrogens is 104 g/mol. The van der Waals surface area contributed by atoms with Gasteiger partial charge in [-0.2, -0.15) is 0 Å². The van der Waals surface area contributed by atoms with E-state index in [0.717, 1.165) is 0 Å². The zero-order valence-corrected chi connectivity index (χ0v) is 5.06. The second kappa shape index (κ2) is 2.45. The maximum absolute atomic E-state index is 10.1. The maximum atomic E-state index is 10.1. The van der Waals surface area contributed by atoms with Crippen LogP contribution in [0.25, 0.3) is 0 Å². The van der Waals surface area contributed by atoms with E-state index < -0.39 is 5.91 Å². The smallest absolute Gasteiger partial charge is 0.262 e. The summed E-state index contributed by atoms with van der Waals surface area (Å²) in [5.41, 5.74) is 4.76. The summed E-state index contributed by atoms with van der Waals surface area (Å²) in [7, 11) is 0. The molecule has 0 atom stereocenters. The molecule has 0 aromatic heterocycles. The van der Waals surface area contributed by atoms with E-state index in [1.54, 1.807) is 13.8 Å². The van der Waals surface area contributed by atoms with E-state index in [9.17, 15) is 4.79 Å². The molecule has 0 spiro atoms. The van der Waals surface area contributed by atoms with Gasteiger partial charge in [0.1, 0.15) is 0 Å². The Bertz CT molecular complexity index is 118. The van der Waals surface area contributed by atoms with E-state index in [2.05, 4.69) is 0 Å². The molecule has 0 fully saturated rings. The zero-order valence-electron chi connectivity index (χ0n) is 5.06. The first-order chi connectivity index (χ1) is 3.55. The third-order valence-corrected chi connectivity index (χ3v) is 0.843. The van der Waals surface area contributed by atoms with Crippen molar-refractivity contribution >= 4 is 11.6 Å². The summed E-state index contributed by atoms with van der Waals surface area (Å²) in [6.07, 6.45) is 0. The van der Waals surface area contributed by atoms with E-state index in [1.165, 1.54) is 0 Å². The predicted octanol–water partition coefficient (Wildman–Crippen LogP) is 0.147. The molecular formula is C5H10N2O. The molecule has 0 saturated carbocycles. The number of amides is 1. The van der Waals surface area contributed by atoms with Gasteiger partial charge in [-0.3, -0.25) is 10.2 Å². The predicted molar refractivity (Wildman–Crippen MR) is 31.8 cm³/mol. The monoisotopic (exact) mass is 114 g/mol. The minimum atomic E-state index is -0.625. The summed E-state index contributed by atoms with van der Waals surface area (Å²) in [6.45, 7) is 3.51. The molecule has 0 rings (SSSR count). The Kier molecular flexibility index (Phi) is 2.19. The van der Waals surface area contributed by atoms with Crippen LogP contribution in [-0.2, 0) is 4.79 Å². The molecule has 0 radical (unpaired) electrons. The van der Waals surface area contributed by atoms with Crippen LogP contribution in [0, 0.1) is 11.3 Å². The number of carbonyl (C=O) groups excluding carboxylic acids is 1. The van der Waals surface area contributed by atoms with Crippen LogP contribution < -0.4 is 5.73 Å². The van der Waals surface area contributed by atoms with Crippen LogP contribution in [0.3, 0.4) is 0 Å². The summed E-state index contributed by atoms with van der Waals surface area (Å²) < 4.78 is 0. The largest absolute Gasteiger partial charge is 0.365 e. The van der Waals surface area contributed by atoms with Crippen molar-refractivity contribution in [1.29, 1.82) is 5.41 Å². The molecule has 0 bridgehead atoms. The topological polar surface area (TPSA) is 66.9 Å². The molecule has 0 aliphatic rings. The Morgan fingerprint density at radius 2 is 2.00 bits per heavy atom. The minimum Gasteiger partial charge on any atom is -0.365 e. The van der Waals surface area contributed by atoms with Crippen LogP contribution in [0.5, 0.6) is 0 Å². The van der Waals surface area contributed by atoms with Gasteiger partial charge in [-0.15, -0.1) is 0 Å². The Balaban J connectivity index is 3.84. The Morgan fingerprint density at radius 1 is 1.62 bits per heavy atom. The van der Waals surface area contributed by atoms with Crippen molar-refractivity contribution in [3.63, 3.8) is 0 Å². The molecule has 0 heterocycles. The fourth-order valence-electron chi connectivity index (χ4n) is 0.285. The number of hydrogen-bond donors (Lipinski definition) is 2. The minimum absolute atomic E-state index is 0.00926. The Hall–Kier alpha value is -0.860. The van der Waals surface area contributed by atoms with Crippen LogP contribution in [0.15, 0.2) is 0 Å². The molecule has 0 unspecified atom stereocenters. The first kappa shape index (κ1) is 7.14. The summed E-state index contributed by atoms with van der Waals surface area (Å²) in [6, 6.07) is 0. The summed E-state index contributed by atoms with van der Waals surface area (Å²) in [5.74, 6) is -0.674. The zero-order chi connectivity index (χ0) is 6.73. The van der Waals surface area contributed by atoms with E-state index >= 15 is 0 Å². The van der Waals surface area contributed by atoms with Crippen LogP contribution in [0.2, 0.25) is 0 Å². The lowest BCUT2D eigenvalue weighted by molar-refractivity contribution is -0.112. The lowest BCUT2D eigenvalue weighted by Crippen LogP contribution is -2.26. The van der Waals surface area contributed by atoms with Crippen molar-refractivity contribution in [1.82, 2.24) is 0 Å². The molecule has 0 aliphatic carbocycles. The summed E-state index contributed by atoms with van der Waals surface area (Å²) >= 11 is 0. The average Bonchev–Trinajstić information content (AvgIpc) is 1.64. The second-order valence-corrected chi connectivity index (χ2v) is 1.93. The van der Waals surface area contributed by atoms with Crippen molar-refractivity contribution < 1.29 is 4.79 Å². The lowest BCUT2D eigenvalue weighted by Gasteiger charge is -1.99. The molecule has 46 valence electrons. The number of nitrogens with one attached hydrogen (secondary N) is 1. The first-order valence-corrected chi connectivity index (χ1v) is 2.44. The Labute approximate surface area is 48.4 Å². The van der Waals surface area contributed by atoms with Gasteiger partial charge in [0, 0.05) is 5.92 Å². The SMILES string of the molecule is CC(C)C(=N)C(N)=O. The molecule has 0 aromatic carbocycles. The van der Waals surface area contributed by atoms with Gasteiger partial charge < -0.3 is 5.73 Å². The third-order valence-electron chi connectivity index (χ3n) is 0.843. The lowest BCUT2D eigenvalue weighted by atomic mass is 10.1. The highest BCUT2D eigenvalue weighted by Crippen LogP contribution is 1.91. The van der Waals surface area contributed by atoms with Gasteiger partial charge in [-0.1, -0.05) is 13.8 Å². The van der Waals surface area contributed by atoms with Crippen LogP contribution in [-0.4, -0.2) is 11.6 Å².